The van der Waals surface area contributed by atoms with E-state index in [1.165, 1.54) is 6.07 Å². The zero-order chi connectivity index (χ0) is 12.5. The van der Waals surface area contributed by atoms with Crippen LogP contribution in [-0.2, 0) is 6.42 Å². The Morgan fingerprint density at radius 1 is 0.944 bits per heavy atom. The fraction of sp³-hybridized carbons (Fsp3) is 0.188. The van der Waals surface area contributed by atoms with E-state index in [-0.39, 0.29) is 11.6 Å². The molecule has 1 aliphatic rings. The maximum atomic E-state index is 13.7. The van der Waals surface area contributed by atoms with Crippen LogP contribution in [0.3, 0.4) is 0 Å². The molecule has 18 heavy (non-hydrogen) atoms. The molecule has 1 nitrogen and oxygen atoms in total. The minimum Gasteiger partial charge on any atom is -0.294 e. The molecule has 90 valence electrons. The molecule has 2 heteroatoms. The van der Waals surface area contributed by atoms with Crippen molar-refractivity contribution in [2.45, 2.75) is 19.3 Å². The quantitative estimate of drug-likeness (QED) is 0.736. The van der Waals surface area contributed by atoms with Crippen LogP contribution in [0.4, 0.5) is 4.39 Å². The van der Waals surface area contributed by atoms with Crippen molar-refractivity contribution in [2.75, 3.05) is 0 Å². The lowest BCUT2D eigenvalue weighted by molar-refractivity contribution is 0.0972. The second-order valence-corrected chi connectivity index (χ2v) is 4.63. The van der Waals surface area contributed by atoms with Gasteiger partial charge >= 0.3 is 0 Å². The molecule has 1 aliphatic carbocycles. The molecule has 0 saturated heterocycles. The molecule has 0 amide bonds. The van der Waals surface area contributed by atoms with Crippen LogP contribution in [0.15, 0.2) is 42.5 Å². The minimum absolute atomic E-state index is 0.175. The van der Waals surface area contributed by atoms with Crippen LogP contribution < -0.4 is 0 Å². The summed E-state index contributed by atoms with van der Waals surface area (Å²) in [6.07, 6.45) is 2.47. The molecule has 0 aromatic heterocycles. The molecule has 0 atom stereocenters. The Morgan fingerprint density at radius 3 is 2.61 bits per heavy atom. The number of hydrogen-bond acceptors (Lipinski definition) is 1. The van der Waals surface area contributed by atoms with Gasteiger partial charge < -0.3 is 0 Å². The lowest BCUT2D eigenvalue weighted by Crippen LogP contribution is -2.10. The summed E-state index contributed by atoms with van der Waals surface area (Å²) in [5.41, 5.74) is 3.19. The Labute approximate surface area is 105 Å². The van der Waals surface area contributed by atoms with Gasteiger partial charge in [0.1, 0.15) is 5.82 Å². The number of Topliss-reactive ketones (excluding diaryl/α,β-unsaturated/α-hetero) is 1. The summed E-state index contributed by atoms with van der Waals surface area (Å²) in [5.74, 6) is -0.0739. The lowest BCUT2D eigenvalue weighted by atomic mass is 9.88. The van der Waals surface area contributed by atoms with Crippen LogP contribution >= 0.6 is 0 Å². The van der Waals surface area contributed by atoms with E-state index in [0.29, 0.717) is 12.0 Å². The summed E-state index contributed by atoms with van der Waals surface area (Å²) < 4.78 is 13.7. The summed E-state index contributed by atoms with van der Waals surface area (Å²) in [6.45, 7) is 0. The fourth-order valence-corrected chi connectivity index (χ4v) is 2.49. The highest BCUT2D eigenvalue weighted by atomic mass is 19.1. The van der Waals surface area contributed by atoms with Gasteiger partial charge in [-0.2, -0.15) is 0 Å². The van der Waals surface area contributed by atoms with Crippen molar-refractivity contribution < 1.29 is 9.18 Å². The minimum atomic E-state index is -0.249. The second-order valence-electron chi connectivity index (χ2n) is 4.63. The highest BCUT2D eigenvalue weighted by Crippen LogP contribution is 2.28. The average molecular weight is 240 g/mol. The van der Waals surface area contributed by atoms with E-state index in [4.69, 9.17) is 0 Å². The van der Waals surface area contributed by atoms with Crippen molar-refractivity contribution in [3.63, 3.8) is 0 Å². The predicted molar refractivity (Wildman–Crippen MR) is 69.1 cm³/mol. The predicted octanol–water partition coefficient (Wildman–Crippen LogP) is 4.01. The van der Waals surface area contributed by atoms with Crippen molar-refractivity contribution in [2.24, 2.45) is 0 Å². The molecule has 2 aromatic carbocycles. The third-order valence-corrected chi connectivity index (χ3v) is 3.45. The first-order chi connectivity index (χ1) is 8.75. The molecule has 2 aromatic rings. The fourth-order valence-electron chi connectivity index (χ4n) is 2.49. The van der Waals surface area contributed by atoms with Crippen LogP contribution in [-0.4, -0.2) is 5.78 Å². The normalized spacial score (nSPS) is 14.4. The third kappa shape index (κ3) is 1.84. The molecule has 0 spiro atoms. The van der Waals surface area contributed by atoms with Gasteiger partial charge in [0, 0.05) is 17.5 Å². The van der Waals surface area contributed by atoms with Gasteiger partial charge in [0.05, 0.1) is 0 Å². The molecular weight excluding hydrogens is 227 g/mol. The van der Waals surface area contributed by atoms with E-state index in [0.717, 1.165) is 29.5 Å². The van der Waals surface area contributed by atoms with E-state index in [1.54, 1.807) is 18.2 Å². The van der Waals surface area contributed by atoms with Gasteiger partial charge in [-0.1, -0.05) is 30.3 Å². The first-order valence-corrected chi connectivity index (χ1v) is 6.17. The number of halogens is 1. The molecule has 0 N–H and O–H groups in total. The first kappa shape index (κ1) is 11.1. The van der Waals surface area contributed by atoms with E-state index in [2.05, 4.69) is 0 Å². The number of rotatable bonds is 1. The summed E-state index contributed by atoms with van der Waals surface area (Å²) >= 11 is 0. The first-order valence-electron chi connectivity index (χ1n) is 6.17. The molecule has 3 rings (SSSR count). The number of benzene rings is 2. The summed E-state index contributed by atoms with van der Waals surface area (Å²) in [5, 5.41) is 0. The SMILES string of the molecule is O=C1CCCc2ccc(-c3ccccc3F)cc21. The van der Waals surface area contributed by atoms with Crippen LogP contribution in [0.2, 0.25) is 0 Å². The number of ketones is 1. The highest BCUT2D eigenvalue weighted by molar-refractivity contribution is 5.99. The Morgan fingerprint density at radius 2 is 1.78 bits per heavy atom. The summed E-state index contributed by atoms with van der Waals surface area (Å²) in [7, 11) is 0. The Bertz CT molecular complexity index is 616. The van der Waals surface area contributed by atoms with E-state index in [9.17, 15) is 9.18 Å². The van der Waals surface area contributed by atoms with Crippen molar-refractivity contribution in [1.29, 1.82) is 0 Å². The maximum Gasteiger partial charge on any atom is 0.163 e. The molecular formula is C16H13FO. The Balaban J connectivity index is 2.13. The summed E-state index contributed by atoms with van der Waals surface area (Å²) in [6, 6.07) is 12.3. The van der Waals surface area contributed by atoms with Crippen LogP contribution in [0, 0.1) is 5.82 Å². The largest absolute Gasteiger partial charge is 0.294 e. The molecule has 0 aliphatic heterocycles. The zero-order valence-electron chi connectivity index (χ0n) is 9.95. The topological polar surface area (TPSA) is 17.1 Å². The van der Waals surface area contributed by atoms with Gasteiger partial charge in [0.15, 0.2) is 5.78 Å². The van der Waals surface area contributed by atoms with Crippen molar-refractivity contribution in [3.05, 3.63) is 59.4 Å². The standard InChI is InChI=1S/C16H13FO/c17-15-6-2-1-5-13(15)12-9-8-11-4-3-7-16(18)14(11)10-12/h1-2,5-6,8-10H,3-4,7H2. The molecule has 0 saturated carbocycles. The van der Waals surface area contributed by atoms with Crippen LogP contribution in [0.25, 0.3) is 11.1 Å². The van der Waals surface area contributed by atoms with E-state index >= 15 is 0 Å². The molecule has 0 radical (unpaired) electrons. The monoisotopic (exact) mass is 240 g/mol. The Hall–Kier alpha value is -1.96. The number of hydrogen-bond donors (Lipinski definition) is 0. The van der Waals surface area contributed by atoms with Crippen LogP contribution in [0.1, 0.15) is 28.8 Å². The van der Waals surface area contributed by atoms with E-state index < -0.39 is 0 Å². The van der Waals surface area contributed by atoms with Gasteiger partial charge in [-0.15, -0.1) is 0 Å². The smallest absolute Gasteiger partial charge is 0.163 e. The highest BCUT2D eigenvalue weighted by Gasteiger charge is 2.18. The molecule has 0 fully saturated rings. The van der Waals surface area contributed by atoms with Gasteiger partial charge in [-0.05, 0) is 36.1 Å². The van der Waals surface area contributed by atoms with Gasteiger partial charge in [-0.3, -0.25) is 4.79 Å². The molecule has 0 heterocycles. The van der Waals surface area contributed by atoms with E-state index in [1.807, 2.05) is 18.2 Å². The average Bonchev–Trinajstić information content (AvgIpc) is 2.40. The third-order valence-electron chi connectivity index (χ3n) is 3.45. The zero-order valence-corrected chi connectivity index (χ0v) is 9.95. The van der Waals surface area contributed by atoms with Crippen molar-refractivity contribution in [1.82, 2.24) is 0 Å². The van der Waals surface area contributed by atoms with Crippen LogP contribution in [0.5, 0.6) is 0 Å². The van der Waals surface area contributed by atoms with Crippen molar-refractivity contribution in [3.8, 4) is 11.1 Å². The molecule has 0 unspecified atom stereocenters. The number of aryl methyl sites for hydroxylation is 1. The maximum absolute atomic E-state index is 13.7. The number of carbonyl (C=O) groups is 1. The Kier molecular flexibility index (Phi) is 2.71. The number of fused-ring (bicyclic) bond motifs is 1. The van der Waals surface area contributed by atoms with Gasteiger partial charge in [-0.25, -0.2) is 4.39 Å². The molecule has 0 bridgehead atoms. The van der Waals surface area contributed by atoms with Crippen molar-refractivity contribution >= 4 is 5.78 Å². The lowest BCUT2D eigenvalue weighted by Gasteiger charge is -2.15. The van der Waals surface area contributed by atoms with Gasteiger partial charge in [0.2, 0.25) is 0 Å². The van der Waals surface area contributed by atoms with Gasteiger partial charge in [0.25, 0.3) is 0 Å². The number of carbonyl (C=O) groups excluding carboxylic acids is 1. The summed E-state index contributed by atoms with van der Waals surface area (Å²) in [4.78, 5) is 11.9. The second kappa shape index (κ2) is 4.37.